The second-order valence-corrected chi connectivity index (χ2v) is 5.60. The van der Waals surface area contributed by atoms with Gasteiger partial charge in [-0.2, -0.15) is 0 Å². The number of esters is 1. The van der Waals surface area contributed by atoms with Gasteiger partial charge in [0.15, 0.2) is 0 Å². The molecule has 0 saturated carbocycles. The lowest BCUT2D eigenvalue weighted by atomic mass is 9.97. The van der Waals surface area contributed by atoms with Crippen molar-refractivity contribution in [1.29, 1.82) is 0 Å². The van der Waals surface area contributed by atoms with Gasteiger partial charge < -0.3 is 4.74 Å². The Labute approximate surface area is 116 Å². The molecule has 0 amide bonds. The Bertz CT molecular complexity index is 330. The van der Waals surface area contributed by atoms with Gasteiger partial charge in [0.2, 0.25) is 0 Å². The van der Waals surface area contributed by atoms with E-state index in [1.165, 1.54) is 25.8 Å². The summed E-state index contributed by atoms with van der Waals surface area (Å²) in [6, 6.07) is 1.29. The maximum atomic E-state index is 11.3. The van der Waals surface area contributed by atoms with Crippen molar-refractivity contribution in [3.05, 3.63) is 12.2 Å². The van der Waals surface area contributed by atoms with E-state index in [2.05, 4.69) is 16.7 Å². The zero-order valence-electron chi connectivity index (χ0n) is 12.2. The van der Waals surface area contributed by atoms with Crippen molar-refractivity contribution in [3.63, 3.8) is 0 Å². The average molecular weight is 266 g/mol. The Morgan fingerprint density at radius 2 is 2.21 bits per heavy atom. The number of carbonyl (C=O) groups excluding carboxylic acids is 1. The Morgan fingerprint density at radius 1 is 1.37 bits per heavy atom. The summed E-state index contributed by atoms with van der Waals surface area (Å²) in [6.07, 6.45) is 7.54. The predicted molar refractivity (Wildman–Crippen MR) is 76.0 cm³/mol. The van der Waals surface area contributed by atoms with Crippen LogP contribution in [0.5, 0.6) is 0 Å². The number of rotatable bonds is 4. The first kappa shape index (κ1) is 14.5. The summed E-state index contributed by atoms with van der Waals surface area (Å²) in [7, 11) is 0. The first-order valence-electron chi connectivity index (χ1n) is 7.52. The fourth-order valence-corrected chi connectivity index (χ4v) is 3.14. The van der Waals surface area contributed by atoms with E-state index in [4.69, 9.17) is 4.74 Å². The van der Waals surface area contributed by atoms with Gasteiger partial charge in [0, 0.05) is 37.8 Å². The number of ether oxygens (including phenoxy) is 1. The number of piperidine rings is 1. The summed E-state index contributed by atoms with van der Waals surface area (Å²) < 4.78 is 4.89. The lowest BCUT2D eigenvalue weighted by molar-refractivity contribution is -0.137. The van der Waals surface area contributed by atoms with E-state index in [1.807, 2.05) is 13.0 Å². The van der Waals surface area contributed by atoms with Gasteiger partial charge in [-0.05, 0) is 33.2 Å². The first-order chi connectivity index (χ1) is 9.20. The first-order valence-corrected chi connectivity index (χ1v) is 7.52. The van der Waals surface area contributed by atoms with E-state index in [-0.39, 0.29) is 5.97 Å². The van der Waals surface area contributed by atoms with Gasteiger partial charge >= 0.3 is 5.97 Å². The SMILES string of the molecule is CCOC(=O)/C=C/CN1CC2CCCCN2CC1C. The zero-order valence-corrected chi connectivity index (χ0v) is 12.2. The smallest absolute Gasteiger partial charge is 0.330 e. The van der Waals surface area contributed by atoms with Crippen molar-refractivity contribution in [1.82, 2.24) is 9.80 Å². The summed E-state index contributed by atoms with van der Waals surface area (Å²) in [4.78, 5) is 16.4. The standard InChI is InChI=1S/C15H26N2O2/c1-3-19-15(18)8-6-10-16-12-14-7-4-5-9-17(14)11-13(16)2/h6,8,13-14H,3-5,7,9-12H2,1-2H3/b8-6+. The molecule has 2 aliphatic heterocycles. The number of carbonyl (C=O) groups is 1. The predicted octanol–water partition coefficient (Wildman–Crippen LogP) is 1.66. The van der Waals surface area contributed by atoms with E-state index in [0.717, 1.165) is 25.7 Å². The molecular formula is C15H26N2O2. The third-order valence-corrected chi connectivity index (χ3v) is 4.20. The minimum absolute atomic E-state index is 0.230. The summed E-state index contributed by atoms with van der Waals surface area (Å²) in [5.74, 6) is -0.230. The van der Waals surface area contributed by atoms with Gasteiger partial charge in [-0.15, -0.1) is 0 Å². The summed E-state index contributed by atoms with van der Waals surface area (Å²) in [6.45, 7) is 8.97. The van der Waals surface area contributed by atoms with E-state index < -0.39 is 0 Å². The molecule has 2 fully saturated rings. The number of hydrogen-bond donors (Lipinski definition) is 0. The quantitative estimate of drug-likeness (QED) is 0.572. The van der Waals surface area contributed by atoms with Crippen molar-refractivity contribution in [2.45, 2.75) is 45.2 Å². The molecule has 0 aromatic carbocycles. The van der Waals surface area contributed by atoms with Crippen LogP contribution in [0, 0.1) is 0 Å². The van der Waals surface area contributed by atoms with Crippen molar-refractivity contribution in [2.75, 3.05) is 32.8 Å². The Balaban J connectivity index is 1.81. The molecule has 2 saturated heterocycles. The second kappa shape index (κ2) is 7.06. The molecule has 108 valence electrons. The molecule has 4 heteroatoms. The highest BCUT2D eigenvalue weighted by Crippen LogP contribution is 2.23. The molecule has 2 aliphatic rings. The van der Waals surface area contributed by atoms with E-state index >= 15 is 0 Å². The van der Waals surface area contributed by atoms with Crippen molar-refractivity contribution in [2.24, 2.45) is 0 Å². The minimum atomic E-state index is -0.230. The third-order valence-electron chi connectivity index (χ3n) is 4.20. The van der Waals surface area contributed by atoms with Crippen LogP contribution in [0.25, 0.3) is 0 Å². The number of hydrogen-bond acceptors (Lipinski definition) is 4. The maximum Gasteiger partial charge on any atom is 0.330 e. The van der Waals surface area contributed by atoms with Crippen LogP contribution < -0.4 is 0 Å². The molecule has 0 aliphatic carbocycles. The van der Waals surface area contributed by atoms with E-state index in [1.54, 1.807) is 6.08 Å². The van der Waals surface area contributed by atoms with Crippen LogP contribution in [0.2, 0.25) is 0 Å². The molecule has 4 nitrogen and oxygen atoms in total. The van der Waals surface area contributed by atoms with Crippen molar-refractivity contribution >= 4 is 5.97 Å². The molecule has 2 atom stereocenters. The second-order valence-electron chi connectivity index (χ2n) is 5.60. The van der Waals surface area contributed by atoms with E-state index in [9.17, 15) is 4.79 Å². The number of piperazine rings is 1. The summed E-state index contributed by atoms with van der Waals surface area (Å²) >= 11 is 0. The van der Waals surface area contributed by atoms with Crippen molar-refractivity contribution < 1.29 is 9.53 Å². The summed E-state index contributed by atoms with van der Waals surface area (Å²) in [5.41, 5.74) is 0. The van der Waals surface area contributed by atoms with Crippen LogP contribution in [-0.4, -0.2) is 60.6 Å². The molecular weight excluding hydrogens is 240 g/mol. The molecule has 2 unspecified atom stereocenters. The lowest BCUT2D eigenvalue weighted by Gasteiger charge is -2.47. The molecule has 0 radical (unpaired) electrons. The van der Waals surface area contributed by atoms with Gasteiger partial charge in [-0.1, -0.05) is 12.5 Å². The number of fused-ring (bicyclic) bond motifs is 1. The molecule has 2 heterocycles. The van der Waals surface area contributed by atoms with Crippen LogP contribution in [0.15, 0.2) is 12.2 Å². The van der Waals surface area contributed by atoms with Crippen LogP contribution in [0.1, 0.15) is 33.1 Å². The largest absolute Gasteiger partial charge is 0.463 e. The normalized spacial score (nSPS) is 29.4. The molecule has 2 rings (SSSR count). The molecule has 0 aromatic heterocycles. The zero-order chi connectivity index (χ0) is 13.7. The molecule has 0 spiro atoms. The third kappa shape index (κ3) is 4.05. The molecule has 0 N–H and O–H groups in total. The topological polar surface area (TPSA) is 32.8 Å². The Hall–Kier alpha value is -0.870. The van der Waals surface area contributed by atoms with Crippen LogP contribution >= 0.6 is 0 Å². The van der Waals surface area contributed by atoms with Gasteiger partial charge in [-0.3, -0.25) is 9.80 Å². The van der Waals surface area contributed by atoms with Crippen LogP contribution in [0.3, 0.4) is 0 Å². The van der Waals surface area contributed by atoms with Crippen LogP contribution in [0.4, 0.5) is 0 Å². The number of nitrogens with zero attached hydrogens (tertiary/aromatic N) is 2. The lowest BCUT2D eigenvalue weighted by Crippen LogP contribution is -2.58. The highest BCUT2D eigenvalue weighted by Gasteiger charge is 2.32. The van der Waals surface area contributed by atoms with Crippen molar-refractivity contribution in [3.8, 4) is 0 Å². The van der Waals surface area contributed by atoms with Gasteiger partial charge in [-0.25, -0.2) is 4.79 Å². The Kier molecular flexibility index (Phi) is 5.40. The summed E-state index contributed by atoms with van der Waals surface area (Å²) in [5, 5.41) is 0. The molecule has 19 heavy (non-hydrogen) atoms. The van der Waals surface area contributed by atoms with Gasteiger partial charge in [0.25, 0.3) is 0 Å². The average Bonchev–Trinajstić information content (AvgIpc) is 2.39. The maximum absolute atomic E-state index is 11.3. The molecule has 0 aromatic rings. The van der Waals surface area contributed by atoms with E-state index in [0.29, 0.717) is 12.6 Å². The highest BCUT2D eigenvalue weighted by atomic mass is 16.5. The monoisotopic (exact) mass is 266 g/mol. The fraction of sp³-hybridized carbons (Fsp3) is 0.800. The molecule has 0 bridgehead atoms. The fourth-order valence-electron chi connectivity index (χ4n) is 3.14. The Morgan fingerprint density at radius 3 is 3.00 bits per heavy atom. The van der Waals surface area contributed by atoms with Crippen LogP contribution in [-0.2, 0) is 9.53 Å². The minimum Gasteiger partial charge on any atom is -0.463 e. The van der Waals surface area contributed by atoms with Gasteiger partial charge in [0.1, 0.15) is 0 Å². The highest BCUT2D eigenvalue weighted by molar-refractivity contribution is 5.81. The van der Waals surface area contributed by atoms with Gasteiger partial charge in [0.05, 0.1) is 6.61 Å².